The zero-order valence-electron chi connectivity index (χ0n) is 98.1. The normalized spacial score (nSPS) is 13.0. The van der Waals surface area contributed by atoms with E-state index in [1.807, 2.05) is 148 Å². The van der Waals surface area contributed by atoms with E-state index >= 15 is 0 Å². The van der Waals surface area contributed by atoms with Gasteiger partial charge in [0.25, 0.3) is 0 Å². The van der Waals surface area contributed by atoms with E-state index in [1.165, 1.54) is 35.6 Å². The first-order valence-corrected chi connectivity index (χ1v) is 50.9. The number of aliphatic hydroxyl groups excluding tert-OH is 3. The molecule has 0 bridgehead atoms. The van der Waals surface area contributed by atoms with Crippen molar-refractivity contribution in [1.82, 2.24) is 105 Å². The van der Waals surface area contributed by atoms with Crippen molar-refractivity contribution in [2.75, 3.05) is 78.9 Å². The summed E-state index contributed by atoms with van der Waals surface area (Å²) in [6, 6.07) is 7.78. The molecule has 11 rings (SSSR count). The molecule has 10 aromatic heterocycles. The summed E-state index contributed by atoms with van der Waals surface area (Å²) in [4.78, 5) is 97.3. The van der Waals surface area contributed by atoms with Crippen LogP contribution in [0.4, 0.5) is 53.3 Å². The Bertz CT molecular complexity index is 6130. The van der Waals surface area contributed by atoms with Gasteiger partial charge in [0.1, 0.15) is 45.6 Å². The number of nitriles is 2. The molecule has 0 aromatic carbocycles. The Morgan fingerprint density at radius 1 is 0.500 bits per heavy atom. The second-order valence-corrected chi connectivity index (χ2v) is 50.1. The minimum Gasteiger partial charge on any atom is -0.462 e. The molecule has 10 heterocycles. The molecule has 21 N–H and O–H groups in total. The van der Waals surface area contributed by atoms with Crippen molar-refractivity contribution in [2.45, 2.75) is 401 Å². The molecule has 0 spiro atoms. The number of hydrogen-bond donors (Lipinski definition) is 12. The molecular weight excluding hydrogens is 1930 g/mol. The lowest BCUT2D eigenvalue weighted by molar-refractivity contribution is 0.0522. The molecule has 0 aliphatic heterocycles. The largest absolute Gasteiger partial charge is 0.462 e. The molecule has 826 valence electrons. The lowest BCUT2D eigenvalue weighted by Crippen LogP contribution is -2.29. The number of nitrogens with zero attached hydrogens (tertiary/aromatic N) is 23. The van der Waals surface area contributed by atoms with Gasteiger partial charge in [-0.3, -0.25) is 0 Å². The molecule has 2 atom stereocenters. The van der Waals surface area contributed by atoms with Crippen LogP contribution in [0.25, 0.3) is 6.08 Å². The van der Waals surface area contributed by atoms with E-state index in [2.05, 4.69) is 272 Å². The Hall–Kier alpha value is -12.4. The van der Waals surface area contributed by atoms with E-state index in [0.29, 0.717) is 107 Å². The van der Waals surface area contributed by atoms with Gasteiger partial charge in [-0.2, -0.15) is 10.5 Å². The summed E-state index contributed by atoms with van der Waals surface area (Å²) in [5.74, 6) is 3.79. The van der Waals surface area contributed by atoms with Gasteiger partial charge >= 0.3 is 5.97 Å². The number of esters is 1. The average Bonchev–Trinajstić information content (AvgIpc) is 0.778. The second kappa shape index (κ2) is 54.5. The molecule has 1 aliphatic carbocycles. The Morgan fingerprint density at radius 2 is 0.947 bits per heavy atom. The predicted molar refractivity (Wildman–Crippen MR) is 610 cm³/mol. The molecule has 150 heavy (non-hydrogen) atoms. The highest BCUT2D eigenvalue weighted by Gasteiger charge is 2.36. The van der Waals surface area contributed by atoms with Gasteiger partial charge in [-0.25, -0.2) is 104 Å². The maximum absolute atomic E-state index is 11.7. The Balaban J connectivity index is 0.000000565. The Morgan fingerprint density at radius 3 is 1.39 bits per heavy atom. The van der Waals surface area contributed by atoms with Crippen molar-refractivity contribution < 1.29 is 24.9 Å². The first-order chi connectivity index (χ1) is 68.0. The Kier molecular flexibility index (Phi) is 48.6. The number of nitrogen functional groups attached to an aromatic ring is 9. The summed E-state index contributed by atoms with van der Waals surface area (Å²) in [7, 11) is 3.97. The van der Waals surface area contributed by atoms with Crippen LogP contribution in [0.5, 0.6) is 0 Å². The van der Waals surface area contributed by atoms with E-state index in [1.54, 1.807) is 26.0 Å². The minimum atomic E-state index is -0.766. The summed E-state index contributed by atoms with van der Waals surface area (Å²) in [6.45, 7) is 88.9. The third kappa shape index (κ3) is 43.9. The van der Waals surface area contributed by atoms with Gasteiger partial charge in [0.2, 0.25) is 46.9 Å². The molecular formula is C111H178Cl2N32O5. The van der Waals surface area contributed by atoms with E-state index < -0.39 is 18.2 Å². The van der Waals surface area contributed by atoms with Crippen LogP contribution in [0, 0.1) is 55.8 Å². The van der Waals surface area contributed by atoms with Crippen molar-refractivity contribution in [3.8, 4) is 12.1 Å². The van der Waals surface area contributed by atoms with Crippen LogP contribution in [0.1, 0.15) is 416 Å². The number of halogens is 2. The molecule has 2 unspecified atom stereocenters. The van der Waals surface area contributed by atoms with Gasteiger partial charge in [0.05, 0.1) is 101 Å². The summed E-state index contributed by atoms with van der Waals surface area (Å²) in [5, 5.41) is 46.1. The number of carbonyl (C=O) groups excluding carboxylic acids is 1. The van der Waals surface area contributed by atoms with E-state index in [-0.39, 0.29) is 94.3 Å². The fourth-order valence-corrected chi connectivity index (χ4v) is 15.3. The number of hydrogen-bond acceptors (Lipinski definition) is 37. The van der Waals surface area contributed by atoms with Gasteiger partial charge in [-0.15, -0.1) is 0 Å². The topological polar surface area (TPSA) is 630 Å². The van der Waals surface area contributed by atoms with Gasteiger partial charge < -0.3 is 76.6 Å². The van der Waals surface area contributed by atoms with E-state index in [9.17, 15) is 15.0 Å². The first-order valence-electron chi connectivity index (χ1n) is 50.1. The van der Waals surface area contributed by atoms with E-state index in [0.717, 1.165) is 98.0 Å². The summed E-state index contributed by atoms with van der Waals surface area (Å²) < 4.78 is 4.94. The number of fused-ring (bicyclic) bond motifs is 1. The standard InChI is InChI=1S/C15H27N3O2.C14H23N3.C12H18N4.C12H21N3.C11H17N3O2.C11H17N3.C10H16ClN3O.C9H12N4.C9H15N3.C8H12ClN3/c1-10-12(7-11(20)9-19)14(15(2,3)4)17-13(16-10)8-18(5)6;1-13(2,3)11-9-8-14(4,5)7-6-10(9)16-12(15)17-11;1-8-9(6-5-7-13)10(12(2,3)4)16-11(14)15-8;1-11(2,3)8-7-14-10(13)15-9(8)12(4,5)6;1-5-16-9(15)7-6-13-10(12)14-8(7)11(2,3)4;1-6-8-7(2)13-10(12)14-9(8)11(3,4)5;1-5(15)6-7(10(2,3)4)13-9(12)14-8(6)11;1-9(2,3)8-12-5-6(4-10)7(11)13-8;1-6-5-7(9(2,3)4)12-8(10)11-6;1-8(2,3)5-4-6(10)12-7(9)11-5/h11,19-20H,7-9H2,1-6H3;6-8H2,1-5H3,(H2,15,16,17);5-6H2,1-4H3,(H2,14,15,16);7H,1-6H3,(H2,13,14,15);6H,5H2,1-4H3,(H2,12,13,14);6H,1H2,2-5H3,(H2,12,13,14);5,15H,1-4H3,(H2,12,13,14);5H,1-3H3,(H2,11,12,13);5H,1-4H3,(H2,10,11,12);4H,1-3H3,(H2,10,11,12). The molecule has 39 heteroatoms. The number of aryl methyl sites for hydroxylation is 5. The molecule has 0 saturated heterocycles. The van der Waals surface area contributed by atoms with E-state index in [4.69, 9.17) is 95.2 Å². The molecule has 10 aromatic rings. The monoisotopic (exact) mass is 2110 g/mol. The smallest absolute Gasteiger partial charge is 0.341 e. The number of carbonyl (C=O) groups is 1. The van der Waals surface area contributed by atoms with Crippen LogP contribution in [0.3, 0.4) is 0 Å². The van der Waals surface area contributed by atoms with Crippen LogP contribution < -0.4 is 51.6 Å². The number of anilines is 9. The SMILES string of the molecule is C=Cc1c(C)nc(N)nc1C(C)(C)C.CC(C)(C)c1cc(N)nc(Cl)n1.CC(C)(C)c1cnc(N)nc1C(C)(C)C.CC(C)(C)c1ncc(C#N)c(N)n1.CC(O)c1c(Cl)nc(N)nc1C(C)(C)C.CC1(C)CCc2nc(N)nc(C(C)(C)C)c2C1.CCOC(=O)c1cnc(N)nc1C(C)(C)C.Cc1cc(C(C)(C)C)nc(N)n1.Cc1nc(CN(C)C)nc(C(C)(C)C)c1CC(O)CO.Cc1nc(N)nc(C(C)(C)C)c1CCC#N. The van der Waals surface area contributed by atoms with Crippen molar-refractivity contribution >= 4 is 88.5 Å². The third-order valence-corrected chi connectivity index (χ3v) is 22.7. The van der Waals surface area contributed by atoms with Crippen LogP contribution in [0.15, 0.2) is 37.3 Å². The molecule has 0 amide bonds. The predicted octanol–water partition coefficient (Wildman–Crippen LogP) is 19.5. The summed E-state index contributed by atoms with van der Waals surface area (Å²) >= 11 is 11.6. The maximum atomic E-state index is 11.7. The zero-order valence-corrected chi connectivity index (χ0v) is 99.6. The third-order valence-electron chi connectivity index (χ3n) is 22.2. The molecule has 0 fully saturated rings. The number of ether oxygens (including phenoxy) is 1. The van der Waals surface area contributed by atoms with Crippen molar-refractivity contribution in [3.63, 3.8) is 0 Å². The maximum Gasteiger partial charge on any atom is 0.341 e. The lowest BCUT2D eigenvalue weighted by atomic mass is 9.73. The number of rotatable bonds is 11. The second-order valence-electron chi connectivity index (χ2n) is 49.4. The quantitative estimate of drug-likeness (QED) is 0.0325. The molecule has 37 nitrogen and oxygen atoms in total. The van der Waals surface area contributed by atoms with Gasteiger partial charge in [-0.05, 0) is 132 Å². The number of aliphatic hydroxyl groups is 3. The van der Waals surface area contributed by atoms with Crippen molar-refractivity contribution in [3.05, 3.63) is 184 Å². The van der Waals surface area contributed by atoms with Gasteiger partial charge in [-0.1, -0.05) is 267 Å². The minimum absolute atomic E-state index is 0.000324. The van der Waals surface area contributed by atoms with Crippen LogP contribution >= 0.6 is 23.2 Å². The lowest BCUT2D eigenvalue weighted by Gasteiger charge is -2.34. The molecule has 1 aliphatic rings. The first kappa shape index (κ1) is 134. The average molecular weight is 2110 g/mol. The van der Waals surface area contributed by atoms with Crippen LogP contribution in [-0.2, 0) is 96.5 Å². The number of nitrogens with two attached hydrogens (primary N) is 9. The van der Waals surface area contributed by atoms with Crippen LogP contribution in [-0.4, -0.2) is 159 Å². The fourth-order valence-electron chi connectivity index (χ4n) is 14.8. The fraction of sp³-hybridized carbons (Fsp3) is 0.595. The number of aromatic nitrogens is 20. The van der Waals surface area contributed by atoms with Crippen molar-refractivity contribution in [1.29, 1.82) is 10.5 Å². The van der Waals surface area contributed by atoms with Gasteiger partial charge in [0.15, 0.2) is 0 Å². The highest BCUT2D eigenvalue weighted by Crippen LogP contribution is 2.41. The Labute approximate surface area is 903 Å². The zero-order chi connectivity index (χ0) is 116. The highest BCUT2D eigenvalue weighted by molar-refractivity contribution is 6.30. The highest BCUT2D eigenvalue weighted by atomic mass is 35.5. The summed E-state index contributed by atoms with van der Waals surface area (Å²) in [6.07, 6.45) is 9.88. The van der Waals surface area contributed by atoms with Crippen molar-refractivity contribution in [2.24, 2.45) is 5.41 Å². The summed E-state index contributed by atoms with van der Waals surface area (Å²) in [5.41, 5.74) is 69.7. The van der Waals surface area contributed by atoms with Gasteiger partial charge in [0, 0.05) is 119 Å². The van der Waals surface area contributed by atoms with Crippen LogP contribution in [0.2, 0.25) is 10.4 Å². The molecule has 0 radical (unpaired) electrons. The molecule has 0 saturated carbocycles.